The van der Waals surface area contributed by atoms with Gasteiger partial charge in [0.25, 0.3) is 0 Å². The molecule has 0 spiro atoms. The van der Waals surface area contributed by atoms with Crippen molar-refractivity contribution in [3.63, 3.8) is 0 Å². The summed E-state index contributed by atoms with van der Waals surface area (Å²) in [6, 6.07) is 21.6. The Hall–Kier alpha value is -3.21. The number of hydrogen-bond acceptors (Lipinski definition) is 4. The van der Waals surface area contributed by atoms with Crippen LogP contribution in [-0.4, -0.2) is 62.2 Å². The molecule has 0 fully saturated rings. The first kappa shape index (κ1) is 33.3. The second kappa shape index (κ2) is 14.8. The summed E-state index contributed by atoms with van der Waals surface area (Å²) in [4.78, 5) is 29.7. The average Bonchev–Trinajstić information content (AvgIpc) is 2.95. The van der Waals surface area contributed by atoms with Crippen molar-refractivity contribution in [1.29, 1.82) is 0 Å². The normalized spacial score (nSPS) is 13.0. The van der Waals surface area contributed by atoms with Gasteiger partial charge in [-0.1, -0.05) is 77.5 Å². The van der Waals surface area contributed by atoms with Gasteiger partial charge in [-0.2, -0.15) is 12.7 Å². The highest BCUT2D eigenvalue weighted by molar-refractivity contribution is 9.10. The third-order valence-corrected chi connectivity index (χ3v) is 9.47. The molecule has 2 atom stereocenters. The fourth-order valence-corrected chi connectivity index (χ4v) is 6.08. The molecule has 0 radical (unpaired) electrons. The van der Waals surface area contributed by atoms with Gasteiger partial charge in [0.15, 0.2) is 0 Å². The minimum absolute atomic E-state index is 0.0980. The van der Waals surface area contributed by atoms with Crippen LogP contribution in [0.2, 0.25) is 0 Å². The number of aryl methyl sites for hydroxylation is 2. The highest BCUT2D eigenvalue weighted by atomic mass is 79.9. The third-order valence-electron chi connectivity index (χ3n) is 7.17. The Balaban J connectivity index is 2.13. The molecule has 3 rings (SSSR count). The predicted molar refractivity (Wildman–Crippen MR) is 172 cm³/mol. The number of anilines is 1. The van der Waals surface area contributed by atoms with Crippen LogP contribution in [-0.2, 0) is 32.8 Å². The van der Waals surface area contributed by atoms with Gasteiger partial charge in [-0.25, -0.2) is 4.31 Å². The molecule has 8 nitrogen and oxygen atoms in total. The Kier molecular flexibility index (Phi) is 11.7. The van der Waals surface area contributed by atoms with E-state index >= 15 is 0 Å². The monoisotopic (exact) mass is 656 g/mol. The molecular formula is C32H41BrN4O4S. The highest BCUT2D eigenvalue weighted by Gasteiger charge is 2.35. The van der Waals surface area contributed by atoms with Crippen LogP contribution in [0.1, 0.15) is 42.5 Å². The molecular weight excluding hydrogens is 616 g/mol. The summed E-state index contributed by atoms with van der Waals surface area (Å²) in [7, 11) is -1.18. The van der Waals surface area contributed by atoms with Crippen LogP contribution >= 0.6 is 15.9 Å². The molecule has 0 aliphatic rings. The van der Waals surface area contributed by atoms with Crippen LogP contribution in [0.4, 0.5) is 5.69 Å². The Labute approximate surface area is 259 Å². The van der Waals surface area contributed by atoms with E-state index in [9.17, 15) is 18.0 Å². The summed E-state index contributed by atoms with van der Waals surface area (Å²) in [5.74, 6) is -0.771. The van der Waals surface area contributed by atoms with Crippen LogP contribution < -0.4 is 9.62 Å². The minimum atomic E-state index is -4.06. The molecule has 2 amide bonds. The first-order valence-electron chi connectivity index (χ1n) is 14.0. The summed E-state index contributed by atoms with van der Waals surface area (Å²) in [5, 5.41) is 3.05. The van der Waals surface area contributed by atoms with E-state index in [-0.39, 0.29) is 24.9 Å². The van der Waals surface area contributed by atoms with E-state index in [2.05, 4.69) is 21.2 Å². The van der Waals surface area contributed by atoms with Gasteiger partial charge >= 0.3 is 10.2 Å². The summed E-state index contributed by atoms with van der Waals surface area (Å²) < 4.78 is 30.3. The summed E-state index contributed by atoms with van der Waals surface area (Å²) in [6.07, 6.45) is 0.998. The number of carbonyl (C=O) groups is 2. The van der Waals surface area contributed by atoms with E-state index in [1.807, 2.05) is 94.4 Å². The van der Waals surface area contributed by atoms with Gasteiger partial charge in [-0.15, -0.1) is 0 Å². The summed E-state index contributed by atoms with van der Waals surface area (Å²) >= 11 is 3.50. The van der Waals surface area contributed by atoms with Crippen molar-refractivity contribution < 1.29 is 18.0 Å². The van der Waals surface area contributed by atoms with Gasteiger partial charge < -0.3 is 10.2 Å². The van der Waals surface area contributed by atoms with E-state index in [0.29, 0.717) is 11.3 Å². The Morgan fingerprint density at radius 2 is 1.60 bits per heavy atom. The molecule has 0 bridgehead atoms. The molecule has 0 saturated heterocycles. The Morgan fingerprint density at radius 1 is 0.929 bits per heavy atom. The Morgan fingerprint density at radius 3 is 2.21 bits per heavy atom. The van der Waals surface area contributed by atoms with Crippen LogP contribution in [0.15, 0.2) is 77.3 Å². The van der Waals surface area contributed by atoms with Gasteiger partial charge in [-0.05, 0) is 67.6 Å². The lowest BCUT2D eigenvalue weighted by molar-refractivity contribution is -0.140. The fraction of sp³-hybridized carbons (Fsp3) is 0.375. The summed E-state index contributed by atoms with van der Waals surface area (Å²) in [5.41, 5.74) is 3.70. The number of benzene rings is 3. The van der Waals surface area contributed by atoms with Crippen molar-refractivity contribution in [3.8, 4) is 0 Å². The third kappa shape index (κ3) is 8.65. The topological polar surface area (TPSA) is 90.0 Å². The molecule has 3 aromatic carbocycles. The van der Waals surface area contributed by atoms with E-state index in [0.717, 1.165) is 36.2 Å². The molecule has 1 N–H and O–H groups in total. The molecule has 0 saturated carbocycles. The van der Waals surface area contributed by atoms with Gasteiger partial charge in [0.2, 0.25) is 11.8 Å². The van der Waals surface area contributed by atoms with Crippen LogP contribution in [0.25, 0.3) is 0 Å². The first-order valence-corrected chi connectivity index (χ1v) is 16.2. The zero-order valence-electron chi connectivity index (χ0n) is 25.2. The molecule has 0 aliphatic carbocycles. The van der Waals surface area contributed by atoms with Crippen molar-refractivity contribution in [3.05, 3.63) is 99.5 Å². The predicted octanol–water partition coefficient (Wildman–Crippen LogP) is 5.23. The maximum atomic E-state index is 14.4. The number of hydrogen-bond donors (Lipinski definition) is 1. The second-order valence-electron chi connectivity index (χ2n) is 10.8. The zero-order chi connectivity index (χ0) is 31.0. The largest absolute Gasteiger partial charge is 0.352 e. The number of rotatable bonds is 13. The van der Waals surface area contributed by atoms with Crippen molar-refractivity contribution in [2.75, 3.05) is 24.9 Å². The van der Waals surface area contributed by atoms with Gasteiger partial charge in [0.05, 0.1) is 5.69 Å². The molecule has 0 aromatic heterocycles. The molecule has 0 aliphatic heterocycles. The van der Waals surface area contributed by atoms with Gasteiger partial charge in [-0.3, -0.25) is 9.59 Å². The molecule has 0 heterocycles. The maximum Gasteiger partial charge on any atom is 0.304 e. The van der Waals surface area contributed by atoms with Crippen LogP contribution in [0.5, 0.6) is 0 Å². The molecule has 226 valence electrons. The van der Waals surface area contributed by atoms with Crippen LogP contribution in [0, 0.1) is 13.8 Å². The highest BCUT2D eigenvalue weighted by Crippen LogP contribution is 2.26. The number of carbonyl (C=O) groups excluding carboxylic acids is 2. The van der Waals surface area contributed by atoms with Crippen LogP contribution in [0.3, 0.4) is 0 Å². The lowest BCUT2D eigenvalue weighted by Crippen LogP contribution is -2.55. The van der Waals surface area contributed by atoms with Gasteiger partial charge in [0.1, 0.15) is 12.6 Å². The van der Waals surface area contributed by atoms with Crippen molar-refractivity contribution in [2.24, 2.45) is 0 Å². The Bertz CT molecular complexity index is 1480. The number of nitrogens with one attached hydrogen (secondary N) is 1. The van der Waals surface area contributed by atoms with Crippen molar-refractivity contribution in [2.45, 2.75) is 59.2 Å². The summed E-state index contributed by atoms with van der Waals surface area (Å²) in [6.45, 7) is 7.24. The van der Waals surface area contributed by atoms with E-state index < -0.39 is 28.7 Å². The SMILES string of the molecule is CC[C@H](C)NC(=O)[C@@H](Cc1ccccc1)N(Cc1cccc(Br)c1)C(=O)CN(c1cc(C)ccc1C)S(=O)(=O)N(C)C. The standard InChI is InChI=1S/C32H41BrN4O4S/c1-7-25(4)34-32(39)30(20-26-12-9-8-10-13-26)36(21-27-14-11-15-28(33)19-27)31(38)22-37(42(40,41)35(5)6)29-18-23(2)16-17-24(29)3/h8-19,25,30H,7,20-22H2,1-6H3,(H,34,39)/t25-,30+/m0/s1. The van der Waals surface area contributed by atoms with Crippen molar-refractivity contribution in [1.82, 2.24) is 14.5 Å². The first-order chi connectivity index (χ1) is 19.8. The smallest absolute Gasteiger partial charge is 0.304 e. The number of halogens is 1. The lowest BCUT2D eigenvalue weighted by atomic mass is 10.0. The molecule has 3 aromatic rings. The zero-order valence-corrected chi connectivity index (χ0v) is 27.6. The fourth-order valence-electron chi connectivity index (χ4n) is 4.52. The number of amides is 2. The molecule has 0 unspecified atom stereocenters. The molecule has 42 heavy (non-hydrogen) atoms. The van der Waals surface area contributed by atoms with E-state index in [1.165, 1.54) is 19.0 Å². The quantitative estimate of drug-likeness (QED) is 0.273. The lowest BCUT2D eigenvalue weighted by Gasteiger charge is -2.35. The number of nitrogens with zero attached hydrogens (tertiary/aromatic N) is 3. The maximum absolute atomic E-state index is 14.4. The van der Waals surface area contributed by atoms with Crippen molar-refractivity contribution >= 4 is 43.6 Å². The minimum Gasteiger partial charge on any atom is -0.352 e. The van der Waals surface area contributed by atoms with E-state index in [1.54, 1.807) is 6.07 Å². The molecule has 10 heteroatoms. The van der Waals surface area contributed by atoms with Gasteiger partial charge in [0, 0.05) is 37.6 Å². The van der Waals surface area contributed by atoms with E-state index in [4.69, 9.17) is 0 Å². The average molecular weight is 658 g/mol. The second-order valence-corrected chi connectivity index (χ2v) is 13.7.